The van der Waals surface area contributed by atoms with Gasteiger partial charge in [0.25, 0.3) is 0 Å². The van der Waals surface area contributed by atoms with E-state index in [1.807, 2.05) is 0 Å². The highest BCUT2D eigenvalue weighted by atomic mass is 15.2. The molecule has 0 radical (unpaired) electrons. The van der Waals surface area contributed by atoms with Crippen LogP contribution in [-0.4, -0.2) is 23.5 Å². The SMILES string of the molecule is CCC(CC)N(CC(C)C)C(c1cccc(C)c1)C(C)N. The summed E-state index contributed by atoms with van der Waals surface area (Å²) in [4.78, 5) is 2.64. The van der Waals surface area contributed by atoms with E-state index in [2.05, 4.69) is 70.7 Å². The molecule has 1 aromatic rings. The van der Waals surface area contributed by atoms with Crippen molar-refractivity contribution >= 4 is 0 Å². The molecule has 0 spiro atoms. The summed E-state index contributed by atoms with van der Waals surface area (Å²) >= 11 is 0. The minimum atomic E-state index is 0.131. The molecular formula is C19H34N2. The van der Waals surface area contributed by atoms with Gasteiger partial charge in [0.15, 0.2) is 0 Å². The van der Waals surface area contributed by atoms with Crippen LogP contribution in [-0.2, 0) is 0 Å². The van der Waals surface area contributed by atoms with Crippen LogP contribution in [0.2, 0.25) is 0 Å². The summed E-state index contributed by atoms with van der Waals surface area (Å²) in [6.07, 6.45) is 2.36. The molecule has 0 fully saturated rings. The number of hydrogen-bond donors (Lipinski definition) is 1. The topological polar surface area (TPSA) is 29.3 Å². The molecule has 0 saturated heterocycles. The first-order valence-corrected chi connectivity index (χ1v) is 8.48. The summed E-state index contributed by atoms with van der Waals surface area (Å²) in [6.45, 7) is 14.6. The third kappa shape index (κ3) is 5.12. The van der Waals surface area contributed by atoms with Crippen LogP contribution < -0.4 is 5.73 Å². The second-order valence-corrected chi connectivity index (χ2v) is 6.78. The van der Waals surface area contributed by atoms with Crippen molar-refractivity contribution in [1.82, 2.24) is 4.90 Å². The molecule has 1 rings (SSSR count). The lowest BCUT2D eigenvalue weighted by atomic mass is 9.93. The van der Waals surface area contributed by atoms with Gasteiger partial charge in [0.05, 0.1) is 0 Å². The maximum absolute atomic E-state index is 6.40. The van der Waals surface area contributed by atoms with Crippen LogP contribution in [0.3, 0.4) is 0 Å². The molecule has 0 amide bonds. The minimum Gasteiger partial charge on any atom is -0.326 e. The summed E-state index contributed by atoms with van der Waals surface area (Å²) in [7, 11) is 0. The normalized spacial score (nSPS) is 15.0. The third-order valence-corrected chi connectivity index (χ3v) is 4.23. The Hall–Kier alpha value is -0.860. The molecule has 2 N–H and O–H groups in total. The molecule has 0 aromatic heterocycles. The first kappa shape index (κ1) is 18.2. The minimum absolute atomic E-state index is 0.131. The summed E-state index contributed by atoms with van der Waals surface area (Å²) in [5.41, 5.74) is 9.07. The highest BCUT2D eigenvalue weighted by molar-refractivity contribution is 5.26. The Bertz CT molecular complexity index is 408. The van der Waals surface area contributed by atoms with Gasteiger partial charge in [-0.3, -0.25) is 4.90 Å². The maximum atomic E-state index is 6.40. The molecule has 21 heavy (non-hydrogen) atoms. The molecule has 2 heteroatoms. The highest BCUT2D eigenvalue weighted by Gasteiger charge is 2.29. The van der Waals surface area contributed by atoms with Crippen LogP contribution in [0, 0.1) is 12.8 Å². The van der Waals surface area contributed by atoms with E-state index >= 15 is 0 Å². The molecule has 120 valence electrons. The van der Waals surface area contributed by atoms with E-state index in [1.165, 1.54) is 24.0 Å². The number of nitrogens with zero attached hydrogens (tertiary/aromatic N) is 1. The largest absolute Gasteiger partial charge is 0.326 e. The molecule has 2 unspecified atom stereocenters. The van der Waals surface area contributed by atoms with Gasteiger partial charge in [-0.05, 0) is 38.2 Å². The fourth-order valence-electron chi connectivity index (χ4n) is 3.32. The van der Waals surface area contributed by atoms with Crippen molar-refractivity contribution in [2.24, 2.45) is 11.7 Å². The number of benzene rings is 1. The van der Waals surface area contributed by atoms with E-state index in [0.717, 1.165) is 6.54 Å². The molecule has 0 saturated carbocycles. The van der Waals surface area contributed by atoms with E-state index in [9.17, 15) is 0 Å². The Labute approximate surface area is 131 Å². The molecule has 0 heterocycles. The number of aryl methyl sites for hydroxylation is 1. The first-order valence-electron chi connectivity index (χ1n) is 8.48. The first-order chi connectivity index (χ1) is 9.90. The molecule has 2 nitrogen and oxygen atoms in total. The van der Waals surface area contributed by atoms with Gasteiger partial charge in [-0.25, -0.2) is 0 Å². The summed E-state index contributed by atoms with van der Waals surface area (Å²) in [5, 5.41) is 0. The average molecular weight is 290 g/mol. The van der Waals surface area contributed by atoms with Crippen molar-refractivity contribution in [3.63, 3.8) is 0 Å². The van der Waals surface area contributed by atoms with Crippen molar-refractivity contribution in [3.8, 4) is 0 Å². The maximum Gasteiger partial charge on any atom is 0.0499 e. The quantitative estimate of drug-likeness (QED) is 0.762. The lowest BCUT2D eigenvalue weighted by Gasteiger charge is -2.41. The Morgan fingerprint density at radius 1 is 1.10 bits per heavy atom. The van der Waals surface area contributed by atoms with Crippen molar-refractivity contribution < 1.29 is 0 Å². The van der Waals surface area contributed by atoms with Crippen molar-refractivity contribution in [1.29, 1.82) is 0 Å². The Balaban J connectivity index is 3.18. The third-order valence-electron chi connectivity index (χ3n) is 4.23. The highest BCUT2D eigenvalue weighted by Crippen LogP contribution is 2.29. The van der Waals surface area contributed by atoms with Gasteiger partial charge in [0, 0.05) is 24.7 Å². The van der Waals surface area contributed by atoms with Gasteiger partial charge >= 0.3 is 0 Å². The number of hydrogen-bond acceptors (Lipinski definition) is 2. The van der Waals surface area contributed by atoms with Crippen LogP contribution in [0.1, 0.15) is 64.6 Å². The Morgan fingerprint density at radius 3 is 2.14 bits per heavy atom. The Morgan fingerprint density at radius 2 is 1.71 bits per heavy atom. The zero-order valence-electron chi connectivity index (χ0n) is 14.8. The van der Waals surface area contributed by atoms with Gasteiger partial charge in [0.1, 0.15) is 0 Å². The van der Waals surface area contributed by atoms with Gasteiger partial charge in [0.2, 0.25) is 0 Å². The van der Waals surface area contributed by atoms with Crippen LogP contribution in [0.5, 0.6) is 0 Å². The molecule has 0 aliphatic rings. The van der Waals surface area contributed by atoms with E-state index < -0.39 is 0 Å². The van der Waals surface area contributed by atoms with Gasteiger partial charge in [-0.2, -0.15) is 0 Å². The fourth-order valence-corrected chi connectivity index (χ4v) is 3.32. The monoisotopic (exact) mass is 290 g/mol. The van der Waals surface area contributed by atoms with Crippen LogP contribution in [0.25, 0.3) is 0 Å². The second kappa shape index (κ2) is 8.55. The van der Waals surface area contributed by atoms with Gasteiger partial charge in [-0.1, -0.05) is 57.5 Å². The molecule has 0 aliphatic heterocycles. The zero-order chi connectivity index (χ0) is 16.0. The van der Waals surface area contributed by atoms with Crippen molar-refractivity contribution in [2.75, 3.05) is 6.54 Å². The number of rotatable bonds is 8. The van der Waals surface area contributed by atoms with Crippen LogP contribution >= 0.6 is 0 Å². The summed E-state index contributed by atoms with van der Waals surface area (Å²) in [6, 6.07) is 9.87. The van der Waals surface area contributed by atoms with E-state index in [0.29, 0.717) is 18.0 Å². The standard InChI is InChI=1S/C19H34N2/c1-7-18(8-2)21(13-14(3)4)19(16(6)20)17-11-9-10-15(5)12-17/h9-12,14,16,18-19H,7-8,13,20H2,1-6H3. The number of nitrogens with two attached hydrogens (primary N) is 1. The predicted octanol–water partition coefficient (Wildman–Crippen LogP) is 4.53. The fraction of sp³-hybridized carbons (Fsp3) is 0.684. The van der Waals surface area contributed by atoms with Crippen molar-refractivity contribution in [3.05, 3.63) is 35.4 Å². The van der Waals surface area contributed by atoms with E-state index in [4.69, 9.17) is 5.73 Å². The Kier molecular flexibility index (Phi) is 7.41. The van der Waals surface area contributed by atoms with E-state index in [-0.39, 0.29) is 6.04 Å². The van der Waals surface area contributed by atoms with Gasteiger partial charge < -0.3 is 5.73 Å². The lowest BCUT2D eigenvalue weighted by molar-refractivity contribution is 0.0955. The molecule has 0 bridgehead atoms. The van der Waals surface area contributed by atoms with Crippen LogP contribution in [0.15, 0.2) is 24.3 Å². The summed E-state index contributed by atoms with van der Waals surface area (Å²) < 4.78 is 0. The van der Waals surface area contributed by atoms with E-state index in [1.54, 1.807) is 0 Å². The second-order valence-electron chi connectivity index (χ2n) is 6.78. The molecular weight excluding hydrogens is 256 g/mol. The van der Waals surface area contributed by atoms with Gasteiger partial charge in [-0.15, -0.1) is 0 Å². The predicted molar refractivity (Wildman–Crippen MR) is 93.5 cm³/mol. The molecule has 0 aliphatic carbocycles. The molecule has 1 aromatic carbocycles. The lowest BCUT2D eigenvalue weighted by Crippen LogP contribution is -2.46. The zero-order valence-corrected chi connectivity index (χ0v) is 14.8. The summed E-state index contributed by atoms with van der Waals surface area (Å²) in [5.74, 6) is 0.650. The smallest absolute Gasteiger partial charge is 0.0499 e. The molecule has 2 atom stereocenters. The van der Waals surface area contributed by atoms with Crippen molar-refractivity contribution in [2.45, 2.75) is 72.5 Å². The van der Waals surface area contributed by atoms with Crippen LogP contribution in [0.4, 0.5) is 0 Å². The average Bonchev–Trinajstić information content (AvgIpc) is 2.39.